The van der Waals surface area contributed by atoms with Gasteiger partial charge in [-0.2, -0.15) is 0 Å². The van der Waals surface area contributed by atoms with Crippen LogP contribution in [-0.2, 0) is 11.3 Å². The number of hydrogen-bond donors (Lipinski definition) is 3. The zero-order chi connectivity index (χ0) is 27.7. The molecule has 1 aromatic heterocycles. The van der Waals surface area contributed by atoms with Crippen LogP contribution in [0.1, 0.15) is 36.8 Å². The van der Waals surface area contributed by atoms with Crippen molar-refractivity contribution in [3.8, 4) is 0 Å². The van der Waals surface area contributed by atoms with Crippen molar-refractivity contribution in [2.75, 3.05) is 50.1 Å². The van der Waals surface area contributed by atoms with Crippen LogP contribution in [0.3, 0.4) is 0 Å². The first-order valence-electron chi connectivity index (χ1n) is 12.2. The maximum absolute atomic E-state index is 12.9. The number of amides is 4. The van der Waals surface area contributed by atoms with Crippen molar-refractivity contribution in [1.82, 2.24) is 20.1 Å². The minimum absolute atomic E-state index is 0.196. The number of para-hydroxylation sites is 2. The van der Waals surface area contributed by atoms with E-state index in [0.29, 0.717) is 42.7 Å². The predicted molar refractivity (Wildman–Crippen MR) is 151 cm³/mol. The zero-order valence-electron chi connectivity index (χ0n) is 22.4. The van der Waals surface area contributed by atoms with Gasteiger partial charge in [0.2, 0.25) is 0 Å². The van der Waals surface area contributed by atoms with Crippen LogP contribution in [0, 0.1) is 0 Å². The molecule has 0 unspecified atom stereocenters. The molecule has 3 N–H and O–H groups in total. The Kier molecular flexibility index (Phi) is 10.1. The zero-order valence-corrected chi connectivity index (χ0v) is 23.2. The number of pyridine rings is 1. The Morgan fingerprint density at radius 2 is 1.71 bits per heavy atom. The van der Waals surface area contributed by atoms with Gasteiger partial charge in [0.1, 0.15) is 11.3 Å². The maximum Gasteiger partial charge on any atom is 0.412 e. The number of aliphatic imine (C=N–C) groups is 1. The van der Waals surface area contributed by atoms with E-state index in [0.717, 1.165) is 11.3 Å². The number of nitrogens with one attached hydrogen (secondary N) is 3. The molecule has 1 aromatic carbocycles. The van der Waals surface area contributed by atoms with Crippen LogP contribution in [0.25, 0.3) is 0 Å². The molecule has 0 bridgehead atoms. The van der Waals surface area contributed by atoms with Crippen LogP contribution in [0.2, 0.25) is 0 Å². The number of nitrogens with zero attached hydrogens (tertiary/aromatic N) is 4. The number of hydrogen-bond acceptors (Lipinski definition) is 8. The van der Waals surface area contributed by atoms with Crippen LogP contribution in [0.4, 0.5) is 21.0 Å². The standard InChI is InChI=1S/C26H35N7O4S/c1-26(2,3)37-25(36)30-20-9-7-6-8-19(20)29-22(34)21-11-10-18(16-28-21)17-33(14-13-32(4)5)24(35)31-23-27-12-15-38-23/h6-11,16H,12-15,17H2,1-5H3,(H,29,34)(H,30,36)(H,27,31,35). The molecule has 0 saturated heterocycles. The summed E-state index contributed by atoms with van der Waals surface area (Å²) in [5, 5.41) is 8.94. The first-order valence-corrected chi connectivity index (χ1v) is 13.2. The van der Waals surface area contributed by atoms with E-state index in [4.69, 9.17) is 4.74 Å². The van der Waals surface area contributed by atoms with Gasteiger partial charge in [-0.15, -0.1) is 0 Å². The molecule has 0 radical (unpaired) electrons. The number of benzene rings is 1. The lowest BCUT2D eigenvalue weighted by Crippen LogP contribution is -2.44. The molecule has 2 aromatic rings. The van der Waals surface area contributed by atoms with Gasteiger partial charge in [0.25, 0.3) is 5.91 Å². The van der Waals surface area contributed by atoms with Crippen LogP contribution in [-0.4, -0.2) is 83.1 Å². The number of aromatic nitrogens is 1. The molecule has 2 heterocycles. The van der Waals surface area contributed by atoms with Gasteiger partial charge in [0.15, 0.2) is 5.17 Å². The molecule has 1 aliphatic heterocycles. The average molecular weight is 542 g/mol. The highest BCUT2D eigenvalue weighted by atomic mass is 32.2. The molecule has 1 aliphatic rings. The van der Waals surface area contributed by atoms with E-state index in [-0.39, 0.29) is 11.7 Å². The van der Waals surface area contributed by atoms with Gasteiger partial charge in [0, 0.05) is 31.6 Å². The Balaban J connectivity index is 1.65. The van der Waals surface area contributed by atoms with Gasteiger partial charge in [-0.3, -0.25) is 25.4 Å². The van der Waals surface area contributed by atoms with Gasteiger partial charge >= 0.3 is 12.1 Å². The van der Waals surface area contributed by atoms with Crippen LogP contribution < -0.4 is 16.0 Å². The highest BCUT2D eigenvalue weighted by Gasteiger charge is 2.20. The number of anilines is 2. The third-order valence-corrected chi connectivity index (χ3v) is 6.04. The van der Waals surface area contributed by atoms with Crippen molar-refractivity contribution in [3.05, 3.63) is 53.9 Å². The maximum atomic E-state index is 12.9. The summed E-state index contributed by atoms with van der Waals surface area (Å²) in [6.45, 7) is 7.55. The van der Waals surface area contributed by atoms with Gasteiger partial charge in [-0.25, -0.2) is 9.59 Å². The normalized spacial score (nSPS) is 13.1. The number of thioether (sulfide) groups is 1. The fourth-order valence-electron chi connectivity index (χ4n) is 3.33. The summed E-state index contributed by atoms with van der Waals surface area (Å²) in [4.78, 5) is 50.2. The lowest BCUT2D eigenvalue weighted by molar-refractivity contribution is 0.0635. The van der Waals surface area contributed by atoms with Crippen molar-refractivity contribution < 1.29 is 19.1 Å². The average Bonchev–Trinajstić information content (AvgIpc) is 3.35. The molecule has 4 amide bonds. The second-order valence-electron chi connectivity index (χ2n) is 9.87. The summed E-state index contributed by atoms with van der Waals surface area (Å²) in [5.74, 6) is 0.427. The summed E-state index contributed by atoms with van der Waals surface area (Å²) in [5.41, 5.74) is 1.14. The molecule has 0 atom stereocenters. The Labute approximate surface area is 227 Å². The number of ether oxygens (including phenoxy) is 1. The summed E-state index contributed by atoms with van der Waals surface area (Å²) >= 11 is 1.52. The molecule has 0 fully saturated rings. The number of rotatable bonds is 8. The predicted octanol–water partition coefficient (Wildman–Crippen LogP) is 3.86. The second-order valence-corrected chi connectivity index (χ2v) is 11.0. The van der Waals surface area contributed by atoms with Crippen LogP contribution in [0.5, 0.6) is 0 Å². The molecule has 0 saturated carbocycles. The molecular formula is C26H35N7O4S. The molecule has 12 heteroatoms. The molecule has 204 valence electrons. The summed E-state index contributed by atoms with van der Waals surface area (Å²) in [6.07, 6.45) is 0.959. The van der Waals surface area contributed by atoms with Crippen molar-refractivity contribution in [2.45, 2.75) is 32.9 Å². The van der Waals surface area contributed by atoms with E-state index < -0.39 is 17.6 Å². The van der Waals surface area contributed by atoms with E-state index in [1.54, 1.807) is 68.3 Å². The summed E-state index contributed by atoms with van der Waals surface area (Å²) in [7, 11) is 3.90. The highest BCUT2D eigenvalue weighted by molar-refractivity contribution is 8.14. The lowest BCUT2D eigenvalue weighted by atomic mass is 10.2. The SMILES string of the molecule is CN(C)CCN(Cc1ccc(C(=O)Nc2ccccc2NC(=O)OC(C)(C)C)nc1)C(=O)NC1=NCCS1. The topological polar surface area (TPSA) is 128 Å². The van der Waals surface area contributed by atoms with Crippen molar-refractivity contribution in [2.24, 2.45) is 4.99 Å². The van der Waals surface area contributed by atoms with Gasteiger partial charge in [-0.1, -0.05) is 30.0 Å². The first-order chi connectivity index (χ1) is 18.0. The van der Waals surface area contributed by atoms with E-state index in [1.165, 1.54) is 11.8 Å². The van der Waals surface area contributed by atoms with E-state index in [9.17, 15) is 14.4 Å². The van der Waals surface area contributed by atoms with E-state index in [2.05, 4.69) is 25.9 Å². The Morgan fingerprint density at radius 3 is 2.29 bits per heavy atom. The fourth-order valence-corrected chi connectivity index (χ4v) is 4.05. The highest BCUT2D eigenvalue weighted by Crippen LogP contribution is 2.23. The lowest BCUT2D eigenvalue weighted by Gasteiger charge is -2.24. The van der Waals surface area contributed by atoms with E-state index in [1.807, 2.05) is 19.0 Å². The molecule has 0 aliphatic carbocycles. The number of likely N-dealkylation sites (N-methyl/N-ethyl adjacent to an activating group) is 1. The van der Waals surface area contributed by atoms with Crippen LogP contribution in [0.15, 0.2) is 47.6 Å². The smallest absolute Gasteiger partial charge is 0.412 e. The molecule has 0 spiro atoms. The number of urea groups is 1. The number of carbonyl (C=O) groups is 3. The largest absolute Gasteiger partial charge is 0.444 e. The molecular weight excluding hydrogens is 506 g/mol. The minimum atomic E-state index is -0.652. The molecule has 38 heavy (non-hydrogen) atoms. The van der Waals surface area contributed by atoms with Crippen LogP contribution >= 0.6 is 11.8 Å². The quantitative estimate of drug-likeness (QED) is 0.463. The van der Waals surface area contributed by atoms with Crippen molar-refractivity contribution in [3.63, 3.8) is 0 Å². The monoisotopic (exact) mass is 541 g/mol. The third-order valence-electron chi connectivity index (χ3n) is 5.15. The van der Waals surface area contributed by atoms with E-state index >= 15 is 0 Å². The number of carbonyl (C=O) groups excluding carboxylic acids is 3. The fraction of sp³-hybridized carbons (Fsp3) is 0.423. The van der Waals surface area contributed by atoms with Gasteiger partial charge < -0.3 is 19.9 Å². The number of amidine groups is 1. The van der Waals surface area contributed by atoms with Crippen molar-refractivity contribution in [1.29, 1.82) is 0 Å². The van der Waals surface area contributed by atoms with Crippen molar-refractivity contribution >= 4 is 46.3 Å². The Morgan fingerprint density at radius 1 is 1.00 bits per heavy atom. The summed E-state index contributed by atoms with van der Waals surface area (Å²) in [6, 6.07) is 9.97. The van der Waals surface area contributed by atoms with Gasteiger partial charge in [0.05, 0.1) is 17.9 Å². The molecule has 3 rings (SSSR count). The van der Waals surface area contributed by atoms with Gasteiger partial charge in [-0.05, 0) is 58.6 Å². The molecule has 11 nitrogen and oxygen atoms in total. The Bertz CT molecular complexity index is 1160. The Hall–Kier alpha value is -3.64. The minimum Gasteiger partial charge on any atom is -0.444 e. The summed E-state index contributed by atoms with van der Waals surface area (Å²) < 4.78 is 5.30. The first kappa shape index (κ1) is 28.9. The third kappa shape index (κ3) is 9.34. The second kappa shape index (κ2) is 13.2.